The molecular formula is C22H24Cl2N4O3. The fraction of sp³-hybridized carbons (Fsp3) is 0.409. The molecule has 1 fully saturated rings. The van der Waals surface area contributed by atoms with Gasteiger partial charge >= 0.3 is 6.09 Å². The van der Waals surface area contributed by atoms with Crippen LogP contribution in [0.15, 0.2) is 30.6 Å². The maximum atomic E-state index is 12.8. The number of aromatic nitrogens is 3. The Labute approximate surface area is 190 Å². The van der Waals surface area contributed by atoms with E-state index < -0.39 is 5.60 Å². The molecule has 31 heavy (non-hydrogen) atoms. The van der Waals surface area contributed by atoms with Gasteiger partial charge in [-0.1, -0.05) is 29.3 Å². The largest absolute Gasteiger partial charge is 0.444 e. The van der Waals surface area contributed by atoms with Crippen molar-refractivity contribution in [2.45, 2.75) is 39.3 Å². The van der Waals surface area contributed by atoms with Crippen LogP contribution in [0.5, 0.6) is 0 Å². The minimum atomic E-state index is -0.561. The molecule has 1 atom stereocenters. The Kier molecular flexibility index (Phi) is 5.85. The molecule has 2 aromatic heterocycles. The van der Waals surface area contributed by atoms with Gasteiger partial charge in [0.1, 0.15) is 22.2 Å². The van der Waals surface area contributed by atoms with Crippen molar-refractivity contribution in [2.24, 2.45) is 0 Å². The molecule has 0 saturated carbocycles. The van der Waals surface area contributed by atoms with Gasteiger partial charge in [0.05, 0.1) is 24.6 Å². The lowest BCUT2D eigenvalue weighted by molar-refractivity contribution is -0.0332. The van der Waals surface area contributed by atoms with E-state index in [0.29, 0.717) is 41.1 Å². The summed E-state index contributed by atoms with van der Waals surface area (Å²) in [7, 11) is 0. The lowest BCUT2D eigenvalue weighted by Crippen LogP contribution is -2.45. The third-order valence-electron chi connectivity index (χ3n) is 5.13. The molecule has 4 rings (SSSR count). The first-order chi connectivity index (χ1) is 14.7. The summed E-state index contributed by atoms with van der Waals surface area (Å²) in [6.45, 7) is 8.96. The highest BCUT2D eigenvalue weighted by Crippen LogP contribution is 2.33. The van der Waals surface area contributed by atoms with Crippen molar-refractivity contribution < 1.29 is 14.3 Å². The van der Waals surface area contributed by atoms with Crippen molar-refractivity contribution in [1.82, 2.24) is 19.4 Å². The molecule has 0 unspecified atom stereocenters. The summed E-state index contributed by atoms with van der Waals surface area (Å²) in [5.41, 5.74) is 2.91. The summed E-state index contributed by atoms with van der Waals surface area (Å²) in [6, 6.07) is 7.48. The summed E-state index contributed by atoms with van der Waals surface area (Å²) in [5, 5.41) is 1.53. The van der Waals surface area contributed by atoms with Crippen LogP contribution in [0, 0.1) is 6.92 Å². The number of carbonyl (C=O) groups is 1. The number of morpholine rings is 1. The molecule has 1 aliphatic rings. The molecule has 164 valence electrons. The first kappa shape index (κ1) is 21.9. The minimum Gasteiger partial charge on any atom is -0.444 e. The van der Waals surface area contributed by atoms with Crippen LogP contribution in [0.2, 0.25) is 10.3 Å². The van der Waals surface area contributed by atoms with Gasteiger partial charge in [0.15, 0.2) is 5.65 Å². The molecule has 1 aliphatic heterocycles. The van der Waals surface area contributed by atoms with Gasteiger partial charge in [-0.25, -0.2) is 14.8 Å². The Hall–Kier alpha value is -2.35. The number of amides is 1. The number of fused-ring (bicyclic) bond motifs is 1. The molecular weight excluding hydrogens is 439 g/mol. The van der Waals surface area contributed by atoms with Crippen molar-refractivity contribution >= 4 is 40.3 Å². The quantitative estimate of drug-likeness (QED) is 0.480. The zero-order valence-corrected chi connectivity index (χ0v) is 19.4. The van der Waals surface area contributed by atoms with Gasteiger partial charge in [-0.3, -0.25) is 9.47 Å². The molecule has 3 heterocycles. The van der Waals surface area contributed by atoms with Gasteiger partial charge in [0, 0.05) is 12.2 Å². The molecule has 1 aromatic carbocycles. The van der Waals surface area contributed by atoms with Crippen LogP contribution in [0.3, 0.4) is 0 Å². The van der Waals surface area contributed by atoms with Crippen molar-refractivity contribution in [1.29, 1.82) is 0 Å². The van der Waals surface area contributed by atoms with Crippen LogP contribution in [0.1, 0.15) is 37.9 Å². The van der Waals surface area contributed by atoms with E-state index in [1.807, 2.05) is 50.5 Å². The van der Waals surface area contributed by atoms with Crippen LogP contribution >= 0.6 is 23.2 Å². The normalized spacial score (nSPS) is 17.2. The molecule has 1 amide bonds. The molecule has 9 heteroatoms. The number of rotatable bonds is 2. The lowest BCUT2D eigenvalue weighted by Gasteiger charge is -2.37. The molecule has 1 saturated heterocycles. The van der Waals surface area contributed by atoms with E-state index in [1.54, 1.807) is 11.0 Å². The molecule has 0 spiro atoms. The smallest absolute Gasteiger partial charge is 0.410 e. The molecule has 0 bridgehead atoms. The van der Waals surface area contributed by atoms with E-state index in [-0.39, 0.29) is 12.1 Å². The molecule has 0 aliphatic carbocycles. The summed E-state index contributed by atoms with van der Waals surface area (Å²) in [5.74, 6) is 0. The zero-order chi connectivity index (χ0) is 22.3. The highest BCUT2D eigenvalue weighted by atomic mass is 35.5. The Morgan fingerprint density at radius 2 is 2.00 bits per heavy atom. The predicted molar refractivity (Wildman–Crippen MR) is 120 cm³/mol. The van der Waals surface area contributed by atoms with E-state index in [2.05, 4.69) is 9.97 Å². The average Bonchev–Trinajstić information content (AvgIpc) is 3.04. The van der Waals surface area contributed by atoms with Crippen molar-refractivity contribution in [2.75, 3.05) is 19.8 Å². The van der Waals surface area contributed by atoms with Gasteiger partial charge in [-0.05, 0) is 57.0 Å². The summed E-state index contributed by atoms with van der Waals surface area (Å²) in [6.07, 6.45) is 1.08. The number of halogens is 2. The number of benzene rings is 1. The molecule has 7 nitrogen and oxygen atoms in total. The molecule has 0 radical (unpaired) electrons. The number of carbonyl (C=O) groups excluding carboxylic acids is 1. The maximum absolute atomic E-state index is 12.8. The predicted octanol–water partition coefficient (Wildman–Crippen LogP) is 5.34. The van der Waals surface area contributed by atoms with E-state index >= 15 is 0 Å². The Morgan fingerprint density at radius 1 is 1.23 bits per heavy atom. The topological polar surface area (TPSA) is 69.5 Å². The Morgan fingerprint density at radius 3 is 2.71 bits per heavy atom. The monoisotopic (exact) mass is 462 g/mol. The van der Waals surface area contributed by atoms with Crippen LogP contribution in [0.25, 0.3) is 16.7 Å². The Balaban J connectivity index is 1.70. The third-order valence-corrected chi connectivity index (χ3v) is 5.71. The van der Waals surface area contributed by atoms with Gasteiger partial charge in [-0.15, -0.1) is 0 Å². The van der Waals surface area contributed by atoms with Crippen LogP contribution in [-0.2, 0) is 9.47 Å². The van der Waals surface area contributed by atoms with Crippen LogP contribution in [-0.4, -0.2) is 50.9 Å². The second kappa shape index (κ2) is 8.30. The first-order valence-corrected chi connectivity index (χ1v) is 10.8. The van der Waals surface area contributed by atoms with E-state index in [9.17, 15) is 4.79 Å². The van der Waals surface area contributed by atoms with Gasteiger partial charge < -0.3 is 9.47 Å². The van der Waals surface area contributed by atoms with Crippen LogP contribution < -0.4 is 0 Å². The van der Waals surface area contributed by atoms with E-state index in [1.165, 1.54) is 6.33 Å². The molecule has 0 N–H and O–H groups in total. The summed E-state index contributed by atoms with van der Waals surface area (Å²) >= 11 is 12.7. The average molecular weight is 463 g/mol. The van der Waals surface area contributed by atoms with Crippen molar-refractivity contribution in [3.63, 3.8) is 0 Å². The third kappa shape index (κ3) is 4.35. The van der Waals surface area contributed by atoms with Gasteiger partial charge in [-0.2, -0.15) is 0 Å². The van der Waals surface area contributed by atoms with Gasteiger partial charge in [0.25, 0.3) is 0 Å². The summed E-state index contributed by atoms with van der Waals surface area (Å²) < 4.78 is 13.1. The number of hydrogen-bond donors (Lipinski definition) is 0. The fourth-order valence-corrected chi connectivity index (χ4v) is 4.24. The van der Waals surface area contributed by atoms with E-state index in [4.69, 9.17) is 32.7 Å². The highest BCUT2D eigenvalue weighted by molar-refractivity contribution is 6.36. The summed E-state index contributed by atoms with van der Waals surface area (Å²) in [4.78, 5) is 22.9. The second-order valence-electron chi connectivity index (χ2n) is 8.51. The fourth-order valence-electron chi connectivity index (χ4n) is 3.77. The zero-order valence-electron chi connectivity index (χ0n) is 17.9. The van der Waals surface area contributed by atoms with E-state index in [0.717, 1.165) is 16.8 Å². The highest BCUT2D eigenvalue weighted by Gasteiger charge is 2.33. The van der Waals surface area contributed by atoms with Gasteiger partial charge in [0.2, 0.25) is 0 Å². The van der Waals surface area contributed by atoms with Crippen molar-refractivity contribution in [3.05, 3.63) is 52.0 Å². The number of aryl methyl sites for hydroxylation is 1. The molecule has 3 aromatic rings. The lowest BCUT2D eigenvalue weighted by atomic mass is 9.99. The SMILES string of the molecule is Cc1cc(-n2c(Cl)cc3c(Cl)ncnc32)ccc1[C@H]1COCCN1C(=O)OC(C)(C)C. The Bertz CT molecular complexity index is 1140. The number of nitrogens with zero attached hydrogens (tertiary/aromatic N) is 4. The second-order valence-corrected chi connectivity index (χ2v) is 9.25. The van der Waals surface area contributed by atoms with Crippen molar-refractivity contribution in [3.8, 4) is 5.69 Å². The van der Waals surface area contributed by atoms with Crippen LogP contribution in [0.4, 0.5) is 4.79 Å². The number of ether oxygens (including phenoxy) is 2. The maximum Gasteiger partial charge on any atom is 0.410 e. The first-order valence-electron chi connectivity index (χ1n) is 10.0. The number of hydrogen-bond acceptors (Lipinski definition) is 5. The standard InChI is InChI=1S/C22H24Cl2N4O3/c1-13-9-14(28-18(23)10-16-19(24)25-12-26-20(16)28)5-6-15(13)17-11-30-8-7-27(17)21(29)31-22(2,3)4/h5-6,9-10,12,17H,7-8,11H2,1-4H3/t17-/m1/s1. The minimum absolute atomic E-state index is 0.230.